The number of halogens is 1. The zero-order chi connectivity index (χ0) is 25.5. The van der Waals surface area contributed by atoms with Gasteiger partial charge in [-0.1, -0.05) is 109 Å². The van der Waals surface area contributed by atoms with Crippen molar-refractivity contribution < 1.29 is 5.11 Å². The van der Waals surface area contributed by atoms with Crippen LogP contribution in [0.3, 0.4) is 0 Å². The molecule has 0 saturated carbocycles. The van der Waals surface area contributed by atoms with Gasteiger partial charge in [-0.15, -0.1) is 0 Å². The van der Waals surface area contributed by atoms with Crippen molar-refractivity contribution in [1.29, 1.82) is 0 Å². The third-order valence-electron chi connectivity index (χ3n) is 6.18. The Hall–Kier alpha value is -3.97. The Morgan fingerprint density at radius 2 is 0.973 bits per heavy atom. The van der Waals surface area contributed by atoms with E-state index in [9.17, 15) is 5.11 Å². The fraction of sp³-hybridized carbons (Fsp3) is 0. The minimum Gasteiger partial charge on any atom is -0.858 e. The van der Waals surface area contributed by atoms with Crippen molar-refractivity contribution in [2.45, 2.75) is 0 Å². The van der Waals surface area contributed by atoms with Crippen LogP contribution < -0.4 is 21.0 Å². The van der Waals surface area contributed by atoms with Gasteiger partial charge in [0, 0.05) is 11.1 Å². The van der Waals surface area contributed by atoms with Gasteiger partial charge in [-0.2, -0.15) is 0 Å². The highest BCUT2D eigenvalue weighted by atomic mass is 35.5. The lowest BCUT2D eigenvalue weighted by Gasteiger charge is -2.28. The maximum Gasteiger partial charge on any atom is 0.198 e. The van der Waals surface area contributed by atoms with Crippen molar-refractivity contribution in [1.82, 2.24) is 0 Å². The molecule has 0 N–H and O–H groups in total. The van der Waals surface area contributed by atoms with Crippen LogP contribution in [0, 0.1) is 0 Å². The number of hydrogen-bond donors (Lipinski definition) is 0. The highest BCUT2D eigenvalue weighted by molar-refractivity contribution is 7.99. The summed E-state index contributed by atoms with van der Waals surface area (Å²) in [5, 5.41) is 17.7. The third-order valence-corrected chi connectivity index (χ3v) is 10.6. The lowest BCUT2D eigenvalue weighted by atomic mass is 10.2. The summed E-state index contributed by atoms with van der Waals surface area (Å²) in [5.74, 6) is -0.270. The highest BCUT2D eigenvalue weighted by Gasteiger charge is 2.50. The molecule has 5 aromatic rings. The molecule has 0 radical (unpaired) electrons. The Balaban J connectivity index is 1.89. The summed E-state index contributed by atoms with van der Waals surface area (Å²) in [6, 6.07) is 48.1. The van der Waals surface area contributed by atoms with Crippen LogP contribution in [0.15, 0.2) is 156 Å². The SMILES string of the molecule is [O-]/C(=N\C(=C\c1ccc(Cl)cc1)[P+](c1ccccc1)(c1ccccc1)c1ccccc1)c1ccccc1. The van der Waals surface area contributed by atoms with Gasteiger partial charge < -0.3 is 5.11 Å². The van der Waals surface area contributed by atoms with Crippen LogP contribution in [0.2, 0.25) is 5.02 Å². The minimum atomic E-state index is -2.57. The summed E-state index contributed by atoms with van der Waals surface area (Å²) < 4.78 is 0. The van der Waals surface area contributed by atoms with Crippen molar-refractivity contribution in [2.24, 2.45) is 4.99 Å². The molecule has 0 aliphatic carbocycles. The smallest absolute Gasteiger partial charge is 0.198 e. The van der Waals surface area contributed by atoms with Crippen LogP contribution in [0.4, 0.5) is 0 Å². The van der Waals surface area contributed by atoms with Gasteiger partial charge in [0.2, 0.25) is 0 Å². The van der Waals surface area contributed by atoms with Gasteiger partial charge in [-0.25, -0.2) is 4.99 Å². The third kappa shape index (κ3) is 5.27. The fourth-order valence-corrected chi connectivity index (χ4v) is 8.72. The van der Waals surface area contributed by atoms with Gasteiger partial charge in [-0.05, 0) is 65.6 Å². The number of hydrogen-bond acceptors (Lipinski definition) is 2. The second-order valence-corrected chi connectivity index (χ2v) is 12.3. The second-order valence-electron chi connectivity index (χ2n) is 8.51. The fourth-order valence-electron chi connectivity index (χ4n) is 4.46. The molecule has 0 heterocycles. The van der Waals surface area contributed by atoms with E-state index in [1.807, 2.05) is 66.7 Å². The van der Waals surface area contributed by atoms with E-state index >= 15 is 0 Å². The van der Waals surface area contributed by atoms with E-state index in [1.54, 1.807) is 12.1 Å². The molecule has 0 amide bonds. The average Bonchev–Trinajstić information content (AvgIpc) is 2.97. The quantitative estimate of drug-likeness (QED) is 0.139. The molecule has 4 heteroatoms. The van der Waals surface area contributed by atoms with E-state index in [2.05, 4.69) is 72.8 Å². The average molecular weight is 518 g/mol. The molecule has 5 rings (SSSR count). The zero-order valence-electron chi connectivity index (χ0n) is 20.1. The lowest BCUT2D eigenvalue weighted by molar-refractivity contribution is -0.212. The summed E-state index contributed by atoms with van der Waals surface area (Å²) >= 11 is 6.20. The van der Waals surface area contributed by atoms with Crippen molar-refractivity contribution >= 4 is 46.8 Å². The first kappa shape index (κ1) is 24.7. The Bertz CT molecular complexity index is 1400. The number of nitrogens with zero attached hydrogens (tertiary/aromatic N) is 1. The summed E-state index contributed by atoms with van der Waals surface area (Å²) in [6.45, 7) is 0. The van der Waals surface area contributed by atoms with Gasteiger partial charge in [0.25, 0.3) is 0 Å². The van der Waals surface area contributed by atoms with E-state index in [0.29, 0.717) is 10.6 Å². The van der Waals surface area contributed by atoms with Gasteiger partial charge in [0.05, 0.1) is 0 Å². The van der Waals surface area contributed by atoms with Crippen molar-refractivity contribution in [3.05, 3.63) is 167 Å². The van der Waals surface area contributed by atoms with Crippen molar-refractivity contribution in [3.8, 4) is 0 Å². The zero-order valence-corrected chi connectivity index (χ0v) is 21.8. The Labute approximate surface area is 223 Å². The predicted molar refractivity (Wildman–Crippen MR) is 158 cm³/mol. The number of benzene rings is 5. The molecule has 180 valence electrons. The van der Waals surface area contributed by atoms with E-state index in [4.69, 9.17) is 16.6 Å². The predicted octanol–water partition coefficient (Wildman–Crippen LogP) is 6.44. The van der Waals surface area contributed by atoms with Gasteiger partial charge in [-0.3, -0.25) is 0 Å². The lowest BCUT2D eigenvalue weighted by Crippen LogP contribution is -2.33. The first-order valence-corrected chi connectivity index (χ1v) is 14.2. The van der Waals surface area contributed by atoms with Gasteiger partial charge in [0.1, 0.15) is 15.9 Å². The van der Waals surface area contributed by atoms with Crippen LogP contribution in [0.5, 0.6) is 0 Å². The summed E-state index contributed by atoms with van der Waals surface area (Å²) in [6.07, 6.45) is 2.04. The molecule has 0 bridgehead atoms. The molecular weight excluding hydrogens is 493 g/mol. The molecule has 0 saturated heterocycles. The number of aliphatic imine (C=N–C) groups is 1. The van der Waals surface area contributed by atoms with Crippen LogP contribution in [-0.2, 0) is 0 Å². The van der Waals surface area contributed by atoms with Crippen LogP contribution in [-0.4, -0.2) is 5.90 Å². The van der Waals surface area contributed by atoms with E-state index in [1.165, 1.54) is 0 Å². The molecular formula is C33H25ClNOP. The Kier molecular flexibility index (Phi) is 7.61. The summed E-state index contributed by atoms with van der Waals surface area (Å²) in [7, 11) is -2.57. The minimum absolute atomic E-state index is 0.270. The first-order chi connectivity index (χ1) is 18.2. The maximum absolute atomic E-state index is 13.6. The van der Waals surface area contributed by atoms with Crippen LogP contribution >= 0.6 is 18.9 Å². The highest BCUT2D eigenvalue weighted by Crippen LogP contribution is 2.63. The van der Waals surface area contributed by atoms with E-state index < -0.39 is 7.26 Å². The summed E-state index contributed by atoms with van der Waals surface area (Å²) in [4.78, 5) is 4.90. The van der Waals surface area contributed by atoms with Crippen LogP contribution in [0.25, 0.3) is 6.08 Å². The van der Waals surface area contributed by atoms with E-state index in [-0.39, 0.29) is 5.90 Å². The van der Waals surface area contributed by atoms with E-state index in [0.717, 1.165) is 26.9 Å². The normalized spacial score (nSPS) is 12.4. The molecule has 0 spiro atoms. The van der Waals surface area contributed by atoms with Crippen LogP contribution in [0.1, 0.15) is 11.1 Å². The van der Waals surface area contributed by atoms with Gasteiger partial charge in [0.15, 0.2) is 12.7 Å². The van der Waals surface area contributed by atoms with Gasteiger partial charge >= 0.3 is 0 Å². The van der Waals surface area contributed by atoms with Crippen molar-refractivity contribution in [3.63, 3.8) is 0 Å². The molecule has 0 unspecified atom stereocenters. The first-order valence-electron chi connectivity index (χ1n) is 12.0. The standard InChI is InChI=1S/C33H25ClNOP/c34-28-23-21-26(22-24-28)25-32(35-33(36)27-13-5-1-6-14-27)37(29-15-7-2-8-16-29,30-17-9-3-10-18-30)31-19-11-4-12-20-31/h1-25H/b32-25-. The monoisotopic (exact) mass is 517 g/mol. The molecule has 0 aromatic heterocycles. The molecule has 2 nitrogen and oxygen atoms in total. The summed E-state index contributed by atoms with van der Waals surface area (Å²) in [5.41, 5.74) is 2.21. The number of rotatable bonds is 7. The molecule has 0 fully saturated rings. The maximum atomic E-state index is 13.6. The topological polar surface area (TPSA) is 35.4 Å². The Morgan fingerprint density at radius 1 is 0.568 bits per heavy atom. The second kappa shape index (κ2) is 11.4. The molecule has 0 atom stereocenters. The molecule has 0 aliphatic rings. The van der Waals surface area contributed by atoms with Crippen molar-refractivity contribution in [2.75, 3.05) is 0 Å². The largest absolute Gasteiger partial charge is 0.858 e. The molecule has 37 heavy (non-hydrogen) atoms. The Morgan fingerprint density at radius 3 is 1.41 bits per heavy atom. The molecule has 5 aromatic carbocycles. The molecule has 0 aliphatic heterocycles.